The van der Waals surface area contributed by atoms with E-state index >= 15 is 0 Å². The molecule has 0 bridgehead atoms. The summed E-state index contributed by atoms with van der Waals surface area (Å²) in [6.45, 7) is 1.81. The van der Waals surface area contributed by atoms with Crippen LogP contribution >= 0.6 is 11.3 Å². The van der Waals surface area contributed by atoms with E-state index in [0.717, 1.165) is 26.6 Å². The molecule has 0 saturated heterocycles. The molecular formula is C14H16N2O4S. The van der Waals surface area contributed by atoms with Gasteiger partial charge in [-0.15, -0.1) is 0 Å². The van der Waals surface area contributed by atoms with Crippen LogP contribution in [0, 0.1) is 6.92 Å². The lowest BCUT2D eigenvalue weighted by molar-refractivity contribution is 0.275. The molecule has 0 amide bonds. The Labute approximate surface area is 125 Å². The third-order valence-corrected chi connectivity index (χ3v) is 4.55. The van der Waals surface area contributed by atoms with Crippen LogP contribution in [0.25, 0.3) is 15.2 Å². The number of aliphatic hydroxyl groups is 1. The normalized spacial score (nSPS) is 11.3. The van der Waals surface area contributed by atoms with Gasteiger partial charge in [0.1, 0.15) is 4.70 Å². The van der Waals surface area contributed by atoms with Gasteiger partial charge in [0, 0.05) is 6.07 Å². The summed E-state index contributed by atoms with van der Waals surface area (Å²) in [7, 11) is 4.75. The third kappa shape index (κ3) is 1.85. The molecule has 0 radical (unpaired) electrons. The van der Waals surface area contributed by atoms with Crippen molar-refractivity contribution in [1.82, 2.24) is 9.38 Å². The molecule has 6 nitrogen and oxygen atoms in total. The lowest BCUT2D eigenvalue weighted by Gasteiger charge is -2.12. The predicted molar refractivity (Wildman–Crippen MR) is 80.9 cm³/mol. The van der Waals surface area contributed by atoms with Crippen molar-refractivity contribution >= 4 is 26.5 Å². The maximum atomic E-state index is 9.59. The van der Waals surface area contributed by atoms with Crippen molar-refractivity contribution < 1.29 is 19.3 Å². The van der Waals surface area contributed by atoms with Gasteiger partial charge in [-0.25, -0.2) is 4.98 Å². The van der Waals surface area contributed by atoms with Crippen molar-refractivity contribution in [2.75, 3.05) is 21.3 Å². The zero-order valence-corrected chi connectivity index (χ0v) is 13.1. The van der Waals surface area contributed by atoms with Crippen LogP contribution in [0.15, 0.2) is 6.07 Å². The molecule has 2 aromatic heterocycles. The summed E-state index contributed by atoms with van der Waals surface area (Å²) in [5, 5.41) is 9.59. The van der Waals surface area contributed by atoms with Crippen molar-refractivity contribution in [3.8, 4) is 17.2 Å². The van der Waals surface area contributed by atoms with Crippen molar-refractivity contribution in [2.45, 2.75) is 13.5 Å². The third-order valence-electron chi connectivity index (χ3n) is 3.49. The van der Waals surface area contributed by atoms with Gasteiger partial charge in [-0.05, 0) is 6.92 Å². The highest BCUT2D eigenvalue weighted by atomic mass is 32.1. The average Bonchev–Trinajstić information content (AvgIpc) is 2.99. The molecule has 0 saturated carbocycles. The van der Waals surface area contributed by atoms with E-state index in [1.165, 1.54) is 11.3 Å². The molecule has 112 valence electrons. The minimum atomic E-state index is -0.0739. The smallest absolute Gasteiger partial charge is 0.204 e. The summed E-state index contributed by atoms with van der Waals surface area (Å²) in [6.07, 6.45) is 0. The Morgan fingerprint density at radius 3 is 2.48 bits per heavy atom. The van der Waals surface area contributed by atoms with E-state index in [9.17, 15) is 5.11 Å². The molecule has 21 heavy (non-hydrogen) atoms. The fourth-order valence-corrected chi connectivity index (χ4v) is 3.70. The van der Waals surface area contributed by atoms with Crippen molar-refractivity contribution in [3.63, 3.8) is 0 Å². The van der Waals surface area contributed by atoms with Crippen LogP contribution in [0.5, 0.6) is 17.2 Å². The van der Waals surface area contributed by atoms with Gasteiger partial charge in [-0.3, -0.25) is 4.40 Å². The molecule has 0 fully saturated rings. The Balaban J connectivity index is 2.49. The van der Waals surface area contributed by atoms with Gasteiger partial charge in [-0.1, -0.05) is 11.3 Å². The summed E-state index contributed by atoms with van der Waals surface area (Å²) in [6, 6.07) is 1.88. The number of aromatic nitrogens is 2. The van der Waals surface area contributed by atoms with E-state index in [0.29, 0.717) is 17.2 Å². The van der Waals surface area contributed by atoms with Gasteiger partial charge in [0.25, 0.3) is 0 Å². The maximum Gasteiger partial charge on any atom is 0.204 e. The fraction of sp³-hybridized carbons (Fsp3) is 0.357. The molecule has 1 N–H and O–H groups in total. The van der Waals surface area contributed by atoms with Crippen molar-refractivity contribution in [3.05, 3.63) is 17.5 Å². The monoisotopic (exact) mass is 308 g/mol. The molecule has 0 aliphatic carbocycles. The van der Waals surface area contributed by atoms with Gasteiger partial charge in [0.15, 0.2) is 16.5 Å². The highest BCUT2D eigenvalue weighted by molar-refractivity contribution is 7.24. The van der Waals surface area contributed by atoms with E-state index < -0.39 is 0 Å². The Hall–Kier alpha value is -1.99. The number of nitrogens with zero attached hydrogens (tertiary/aromatic N) is 2. The number of methoxy groups -OCH3 is 3. The van der Waals surface area contributed by atoms with Crippen LogP contribution in [0.2, 0.25) is 0 Å². The van der Waals surface area contributed by atoms with Gasteiger partial charge < -0.3 is 19.3 Å². The van der Waals surface area contributed by atoms with Crippen molar-refractivity contribution in [1.29, 1.82) is 0 Å². The van der Waals surface area contributed by atoms with Crippen LogP contribution in [-0.2, 0) is 6.61 Å². The number of benzene rings is 1. The summed E-state index contributed by atoms with van der Waals surface area (Å²) in [5.41, 5.74) is 2.47. The SMILES string of the molecule is COc1cc2c(sc3nc(C)c(CO)n32)c(OC)c1OC. The van der Waals surface area contributed by atoms with E-state index in [1.54, 1.807) is 21.3 Å². The number of hydrogen-bond acceptors (Lipinski definition) is 6. The Bertz CT molecular complexity index is 822. The highest BCUT2D eigenvalue weighted by Crippen LogP contribution is 2.46. The first kappa shape index (κ1) is 14.0. The number of aliphatic hydroxyl groups excluding tert-OH is 1. The number of aryl methyl sites for hydroxylation is 1. The van der Waals surface area contributed by atoms with Gasteiger partial charge in [-0.2, -0.15) is 0 Å². The first-order valence-corrected chi connectivity index (χ1v) is 7.18. The second kappa shape index (κ2) is 5.09. The Morgan fingerprint density at radius 1 is 1.19 bits per heavy atom. The Morgan fingerprint density at radius 2 is 1.90 bits per heavy atom. The lowest BCUT2D eigenvalue weighted by atomic mass is 10.2. The molecule has 7 heteroatoms. The van der Waals surface area contributed by atoms with Crippen molar-refractivity contribution in [2.24, 2.45) is 0 Å². The summed E-state index contributed by atoms with van der Waals surface area (Å²) < 4.78 is 19.1. The van der Waals surface area contributed by atoms with Crippen LogP contribution in [0.1, 0.15) is 11.4 Å². The highest BCUT2D eigenvalue weighted by Gasteiger charge is 2.22. The second-order valence-electron chi connectivity index (χ2n) is 4.52. The van der Waals surface area contributed by atoms with E-state index in [-0.39, 0.29) is 6.61 Å². The summed E-state index contributed by atoms with van der Waals surface area (Å²) in [4.78, 5) is 5.30. The summed E-state index contributed by atoms with van der Waals surface area (Å²) >= 11 is 1.49. The van der Waals surface area contributed by atoms with Gasteiger partial charge >= 0.3 is 0 Å². The molecular weight excluding hydrogens is 292 g/mol. The van der Waals surface area contributed by atoms with Crippen LogP contribution in [0.3, 0.4) is 0 Å². The predicted octanol–water partition coefficient (Wildman–Crippen LogP) is 2.38. The molecule has 0 unspecified atom stereocenters. The average molecular weight is 308 g/mol. The molecule has 0 spiro atoms. The largest absolute Gasteiger partial charge is 0.493 e. The number of hydrogen-bond donors (Lipinski definition) is 1. The molecule has 3 aromatic rings. The molecule has 0 atom stereocenters. The maximum absolute atomic E-state index is 9.59. The first-order chi connectivity index (χ1) is 10.2. The number of ether oxygens (including phenoxy) is 3. The second-order valence-corrected chi connectivity index (χ2v) is 5.49. The number of fused-ring (bicyclic) bond motifs is 3. The lowest BCUT2D eigenvalue weighted by Crippen LogP contribution is -1.97. The summed E-state index contributed by atoms with van der Waals surface area (Å²) in [5.74, 6) is 1.75. The molecule has 0 aliphatic rings. The first-order valence-electron chi connectivity index (χ1n) is 6.36. The molecule has 0 aliphatic heterocycles. The van der Waals surface area contributed by atoms with Gasteiger partial charge in [0.05, 0.1) is 44.8 Å². The number of imidazole rings is 1. The minimum absolute atomic E-state index is 0.0739. The van der Waals surface area contributed by atoms with Crippen LogP contribution in [0.4, 0.5) is 0 Å². The number of thiazole rings is 1. The topological polar surface area (TPSA) is 65.2 Å². The van der Waals surface area contributed by atoms with Crippen LogP contribution < -0.4 is 14.2 Å². The zero-order chi connectivity index (χ0) is 15.1. The number of rotatable bonds is 4. The minimum Gasteiger partial charge on any atom is -0.493 e. The van der Waals surface area contributed by atoms with E-state index in [1.807, 2.05) is 17.4 Å². The van der Waals surface area contributed by atoms with E-state index in [4.69, 9.17) is 14.2 Å². The van der Waals surface area contributed by atoms with Gasteiger partial charge in [0.2, 0.25) is 5.75 Å². The molecule has 1 aromatic carbocycles. The quantitative estimate of drug-likeness (QED) is 0.801. The zero-order valence-electron chi connectivity index (χ0n) is 12.3. The van der Waals surface area contributed by atoms with Crippen LogP contribution in [-0.4, -0.2) is 35.8 Å². The Kier molecular flexibility index (Phi) is 3.38. The fourth-order valence-electron chi connectivity index (χ4n) is 2.51. The molecule has 2 heterocycles. The standard InChI is InChI=1S/C14H16N2O4S/c1-7-9(6-17)16-8-5-10(18-2)11(19-3)12(20-4)13(8)21-14(16)15-7/h5,17H,6H2,1-4H3. The van der Waals surface area contributed by atoms with E-state index in [2.05, 4.69) is 4.98 Å². The molecule has 3 rings (SSSR count).